The Balaban J connectivity index is 2.09. The van der Waals surface area contributed by atoms with Gasteiger partial charge in [-0.05, 0) is 44.3 Å². The highest BCUT2D eigenvalue weighted by Crippen LogP contribution is 2.19. The number of rotatable bonds is 10. The number of urea groups is 1. The van der Waals surface area contributed by atoms with E-state index in [4.69, 9.17) is 0 Å². The van der Waals surface area contributed by atoms with E-state index in [9.17, 15) is 9.59 Å². The molecule has 0 aliphatic heterocycles. The van der Waals surface area contributed by atoms with Crippen LogP contribution >= 0.6 is 0 Å². The van der Waals surface area contributed by atoms with Gasteiger partial charge in [-0.3, -0.25) is 9.69 Å². The summed E-state index contributed by atoms with van der Waals surface area (Å²) in [6.45, 7) is 7.97. The van der Waals surface area contributed by atoms with E-state index in [0.717, 1.165) is 28.9 Å². The number of benzene rings is 2. The van der Waals surface area contributed by atoms with Gasteiger partial charge in [0.05, 0.1) is 13.0 Å². The molecule has 0 fully saturated rings. The summed E-state index contributed by atoms with van der Waals surface area (Å²) in [7, 11) is 3.94. The molecule has 160 valence electrons. The minimum atomic E-state index is -0.189. The van der Waals surface area contributed by atoms with Crippen molar-refractivity contribution in [1.29, 1.82) is 0 Å². The highest BCUT2D eigenvalue weighted by molar-refractivity contribution is 5.92. The van der Waals surface area contributed by atoms with Crippen LogP contribution in [0.5, 0.6) is 0 Å². The Kier molecular flexibility index (Phi) is 9.09. The number of carbonyl (C=O) groups excluding carboxylic acids is 2. The smallest absolute Gasteiger partial charge is 0.322 e. The Morgan fingerprint density at radius 1 is 1.03 bits per heavy atom. The first-order valence-corrected chi connectivity index (χ1v) is 10.1. The zero-order chi connectivity index (χ0) is 21.9. The second-order valence-corrected chi connectivity index (χ2v) is 7.55. The van der Waals surface area contributed by atoms with Gasteiger partial charge in [-0.2, -0.15) is 0 Å². The Labute approximate surface area is 179 Å². The van der Waals surface area contributed by atoms with Gasteiger partial charge < -0.3 is 15.5 Å². The average Bonchev–Trinajstić information content (AvgIpc) is 2.71. The van der Waals surface area contributed by atoms with Crippen molar-refractivity contribution in [3.63, 3.8) is 0 Å². The van der Waals surface area contributed by atoms with E-state index in [-0.39, 0.29) is 11.9 Å². The van der Waals surface area contributed by atoms with Gasteiger partial charge in [-0.1, -0.05) is 48.0 Å². The maximum Gasteiger partial charge on any atom is 0.322 e. The van der Waals surface area contributed by atoms with Crippen molar-refractivity contribution in [3.05, 3.63) is 77.9 Å². The maximum atomic E-state index is 12.7. The fourth-order valence-corrected chi connectivity index (χ4v) is 2.99. The Hall–Kier alpha value is -3.12. The van der Waals surface area contributed by atoms with Crippen molar-refractivity contribution in [2.75, 3.05) is 38.6 Å². The first-order chi connectivity index (χ1) is 14.4. The van der Waals surface area contributed by atoms with Crippen LogP contribution in [0.1, 0.15) is 16.7 Å². The molecule has 30 heavy (non-hydrogen) atoms. The second-order valence-electron chi connectivity index (χ2n) is 7.55. The molecule has 0 heterocycles. The van der Waals surface area contributed by atoms with E-state index in [1.807, 2.05) is 68.4 Å². The normalized spacial score (nSPS) is 10.5. The predicted molar refractivity (Wildman–Crippen MR) is 123 cm³/mol. The van der Waals surface area contributed by atoms with Gasteiger partial charge in [0, 0.05) is 25.3 Å². The number of likely N-dealkylation sites (N-methyl/N-ethyl adjacent to an activating group) is 1. The van der Waals surface area contributed by atoms with Gasteiger partial charge in [0.2, 0.25) is 5.91 Å². The molecule has 6 heteroatoms. The lowest BCUT2D eigenvalue weighted by Gasteiger charge is -2.23. The lowest BCUT2D eigenvalue weighted by molar-refractivity contribution is -0.120. The van der Waals surface area contributed by atoms with E-state index in [1.54, 1.807) is 11.0 Å². The molecule has 0 saturated heterocycles. The van der Waals surface area contributed by atoms with Gasteiger partial charge in [-0.15, -0.1) is 6.58 Å². The standard InChI is InChI=1S/C24H32N4O2/c1-5-13-26-24(30)28(18-21-8-6-7-19(2)16-21)22-11-9-20(10-12-22)17-23(29)25-14-15-27(3)4/h5-12,16H,1,13-15,17-18H2,2-4H3,(H,25,29)(H,26,30). The maximum absolute atomic E-state index is 12.7. The minimum absolute atomic E-state index is 0.00931. The fraction of sp³-hybridized carbons (Fsp3) is 0.333. The first kappa shape index (κ1) is 23.2. The third-order valence-corrected chi connectivity index (χ3v) is 4.56. The molecule has 2 aromatic rings. The largest absolute Gasteiger partial charge is 0.355 e. The summed E-state index contributed by atoms with van der Waals surface area (Å²) < 4.78 is 0. The zero-order valence-corrected chi connectivity index (χ0v) is 18.1. The molecule has 2 rings (SSSR count). The van der Waals surface area contributed by atoms with Crippen LogP contribution in [-0.4, -0.2) is 50.6 Å². The van der Waals surface area contributed by atoms with Crippen LogP contribution in [0.2, 0.25) is 0 Å². The highest BCUT2D eigenvalue weighted by Gasteiger charge is 2.16. The van der Waals surface area contributed by atoms with E-state index in [0.29, 0.717) is 26.1 Å². The molecule has 6 nitrogen and oxygen atoms in total. The highest BCUT2D eigenvalue weighted by atomic mass is 16.2. The van der Waals surface area contributed by atoms with Crippen molar-refractivity contribution in [2.45, 2.75) is 19.9 Å². The second kappa shape index (κ2) is 11.8. The molecule has 3 amide bonds. The van der Waals surface area contributed by atoms with Gasteiger partial charge >= 0.3 is 6.03 Å². The van der Waals surface area contributed by atoms with Crippen LogP contribution in [0.4, 0.5) is 10.5 Å². The fourth-order valence-electron chi connectivity index (χ4n) is 2.99. The molecule has 2 N–H and O–H groups in total. The summed E-state index contributed by atoms with van der Waals surface area (Å²) in [5, 5.41) is 5.76. The van der Waals surface area contributed by atoms with Gasteiger partial charge in [0.25, 0.3) is 0 Å². The van der Waals surface area contributed by atoms with Crippen LogP contribution in [0.15, 0.2) is 61.2 Å². The first-order valence-electron chi connectivity index (χ1n) is 10.1. The molecule has 0 atom stereocenters. The van der Waals surface area contributed by atoms with Crippen LogP contribution in [0, 0.1) is 6.92 Å². The molecule has 0 aliphatic carbocycles. The van der Waals surface area contributed by atoms with Crippen LogP contribution in [0.3, 0.4) is 0 Å². The molecular formula is C24H32N4O2. The number of hydrogen-bond acceptors (Lipinski definition) is 3. The molecule has 0 aliphatic rings. The van der Waals surface area contributed by atoms with Crippen molar-refractivity contribution in [3.8, 4) is 0 Å². The van der Waals surface area contributed by atoms with Crippen LogP contribution < -0.4 is 15.5 Å². The minimum Gasteiger partial charge on any atom is -0.355 e. The number of nitrogens with zero attached hydrogens (tertiary/aromatic N) is 2. The van der Waals surface area contributed by atoms with Crippen molar-refractivity contribution < 1.29 is 9.59 Å². The number of anilines is 1. The summed E-state index contributed by atoms with van der Waals surface area (Å²) in [6, 6.07) is 15.5. The quantitative estimate of drug-likeness (QED) is 0.594. The molecule has 0 radical (unpaired) electrons. The van der Waals surface area contributed by atoms with Gasteiger partial charge in [-0.25, -0.2) is 4.79 Å². The number of aryl methyl sites for hydroxylation is 1. The number of hydrogen-bond donors (Lipinski definition) is 2. The molecule has 0 saturated carbocycles. The van der Waals surface area contributed by atoms with E-state index in [2.05, 4.69) is 23.3 Å². The topological polar surface area (TPSA) is 64.7 Å². The van der Waals surface area contributed by atoms with Crippen LogP contribution in [-0.2, 0) is 17.8 Å². The average molecular weight is 409 g/mol. The number of amides is 3. The van der Waals surface area contributed by atoms with Crippen molar-refractivity contribution in [2.24, 2.45) is 0 Å². The molecule has 2 aromatic carbocycles. The van der Waals surface area contributed by atoms with Crippen molar-refractivity contribution in [1.82, 2.24) is 15.5 Å². The summed E-state index contributed by atoms with van der Waals surface area (Å²) in [5.74, 6) is -0.00931. The lowest BCUT2D eigenvalue weighted by atomic mass is 10.1. The van der Waals surface area contributed by atoms with Crippen LogP contribution in [0.25, 0.3) is 0 Å². The van der Waals surface area contributed by atoms with Gasteiger partial charge in [0.1, 0.15) is 0 Å². The van der Waals surface area contributed by atoms with E-state index in [1.165, 1.54) is 0 Å². The third-order valence-electron chi connectivity index (χ3n) is 4.56. The number of nitrogens with one attached hydrogen (secondary N) is 2. The predicted octanol–water partition coefficient (Wildman–Crippen LogP) is 3.12. The summed E-state index contributed by atoms with van der Waals surface area (Å²) in [4.78, 5) is 28.5. The van der Waals surface area contributed by atoms with E-state index >= 15 is 0 Å². The SMILES string of the molecule is C=CCNC(=O)N(Cc1cccc(C)c1)c1ccc(CC(=O)NCCN(C)C)cc1. The summed E-state index contributed by atoms with van der Waals surface area (Å²) in [5.41, 5.74) is 3.88. The summed E-state index contributed by atoms with van der Waals surface area (Å²) >= 11 is 0. The van der Waals surface area contributed by atoms with E-state index < -0.39 is 0 Å². The Morgan fingerprint density at radius 3 is 2.40 bits per heavy atom. The lowest BCUT2D eigenvalue weighted by Crippen LogP contribution is -2.39. The monoisotopic (exact) mass is 408 g/mol. The molecule has 0 bridgehead atoms. The van der Waals surface area contributed by atoms with Gasteiger partial charge in [0.15, 0.2) is 0 Å². The Morgan fingerprint density at radius 2 is 1.77 bits per heavy atom. The molecule has 0 aromatic heterocycles. The Bertz CT molecular complexity index is 847. The number of carbonyl (C=O) groups is 2. The molecule has 0 spiro atoms. The zero-order valence-electron chi connectivity index (χ0n) is 18.1. The third kappa shape index (κ3) is 7.72. The molecular weight excluding hydrogens is 376 g/mol. The summed E-state index contributed by atoms with van der Waals surface area (Å²) in [6.07, 6.45) is 1.97. The van der Waals surface area contributed by atoms with Crippen molar-refractivity contribution >= 4 is 17.6 Å². The molecule has 0 unspecified atom stereocenters.